The Morgan fingerprint density at radius 3 is 2.68 bits per heavy atom. The van der Waals surface area contributed by atoms with Gasteiger partial charge in [-0.1, -0.05) is 0 Å². The van der Waals surface area contributed by atoms with Crippen molar-refractivity contribution in [1.29, 1.82) is 5.26 Å². The molecule has 0 aromatic carbocycles. The standard InChI is InChI=1S/C14H21N5/c1-17(2)6-7-18-8-10-19(11-9-18)14-4-3-5-16-13(14)12-15/h3-5H,6-11H2,1-2H3. The molecule has 1 aromatic rings. The Morgan fingerprint density at radius 1 is 1.32 bits per heavy atom. The molecule has 2 rings (SSSR count). The Morgan fingerprint density at radius 2 is 2.05 bits per heavy atom. The van der Waals surface area contributed by atoms with Gasteiger partial charge in [0.05, 0.1) is 5.69 Å². The van der Waals surface area contributed by atoms with E-state index in [1.165, 1.54) is 0 Å². The van der Waals surface area contributed by atoms with Crippen molar-refractivity contribution in [3.05, 3.63) is 24.0 Å². The van der Waals surface area contributed by atoms with E-state index in [1.54, 1.807) is 6.20 Å². The van der Waals surface area contributed by atoms with E-state index in [0.29, 0.717) is 5.69 Å². The molecule has 0 saturated carbocycles. The van der Waals surface area contributed by atoms with Gasteiger partial charge in [-0.25, -0.2) is 4.98 Å². The Bertz CT molecular complexity index is 443. The molecule has 0 atom stereocenters. The molecule has 0 bridgehead atoms. The van der Waals surface area contributed by atoms with E-state index < -0.39 is 0 Å². The molecule has 1 saturated heterocycles. The molecule has 5 heteroatoms. The van der Waals surface area contributed by atoms with Gasteiger partial charge in [0.15, 0.2) is 5.69 Å². The number of aromatic nitrogens is 1. The molecule has 0 unspecified atom stereocenters. The van der Waals surface area contributed by atoms with Crippen LogP contribution < -0.4 is 4.90 Å². The third-order valence-corrected chi connectivity index (χ3v) is 3.47. The maximum absolute atomic E-state index is 9.09. The van der Waals surface area contributed by atoms with Crippen molar-refractivity contribution >= 4 is 5.69 Å². The first kappa shape index (κ1) is 13.8. The van der Waals surface area contributed by atoms with Crippen LogP contribution >= 0.6 is 0 Å². The van der Waals surface area contributed by atoms with Crippen LogP contribution in [0.4, 0.5) is 5.69 Å². The van der Waals surface area contributed by atoms with Crippen molar-refractivity contribution in [3.63, 3.8) is 0 Å². The second kappa shape index (κ2) is 6.50. The zero-order valence-electron chi connectivity index (χ0n) is 11.7. The predicted molar refractivity (Wildman–Crippen MR) is 76.2 cm³/mol. The Labute approximate surface area is 115 Å². The summed E-state index contributed by atoms with van der Waals surface area (Å²) in [5.74, 6) is 0. The molecular weight excluding hydrogens is 238 g/mol. The molecule has 2 heterocycles. The molecule has 1 aliphatic rings. The molecule has 0 spiro atoms. The summed E-state index contributed by atoms with van der Waals surface area (Å²) in [5, 5.41) is 9.09. The molecule has 5 nitrogen and oxygen atoms in total. The minimum atomic E-state index is 0.532. The van der Waals surface area contributed by atoms with Gasteiger partial charge in [-0.05, 0) is 26.2 Å². The Hall–Kier alpha value is -1.64. The van der Waals surface area contributed by atoms with Gasteiger partial charge in [-0.15, -0.1) is 0 Å². The van der Waals surface area contributed by atoms with Gasteiger partial charge in [0.1, 0.15) is 6.07 Å². The van der Waals surface area contributed by atoms with Gasteiger partial charge in [0.2, 0.25) is 0 Å². The fraction of sp³-hybridized carbons (Fsp3) is 0.571. The summed E-state index contributed by atoms with van der Waals surface area (Å²) in [4.78, 5) is 11.1. The molecule has 102 valence electrons. The molecule has 0 amide bonds. The van der Waals surface area contributed by atoms with E-state index in [2.05, 4.69) is 39.8 Å². The van der Waals surface area contributed by atoms with Crippen LogP contribution in [0.5, 0.6) is 0 Å². The van der Waals surface area contributed by atoms with Crippen LogP contribution in [0.3, 0.4) is 0 Å². The molecule has 0 radical (unpaired) electrons. The van der Waals surface area contributed by atoms with Gasteiger partial charge in [-0.2, -0.15) is 5.26 Å². The lowest BCUT2D eigenvalue weighted by molar-refractivity contribution is 0.229. The van der Waals surface area contributed by atoms with E-state index in [-0.39, 0.29) is 0 Å². The second-order valence-corrected chi connectivity index (χ2v) is 5.11. The van der Waals surface area contributed by atoms with E-state index in [1.807, 2.05) is 12.1 Å². The molecule has 0 aliphatic carbocycles. The van der Waals surface area contributed by atoms with Gasteiger partial charge < -0.3 is 9.80 Å². The van der Waals surface area contributed by atoms with Crippen molar-refractivity contribution in [2.45, 2.75) is 0 Å². The third kappa shape index (κ3) is 3.66. The van der Waals surface area contributed by atoms with E-state index in [0.717, 1.165) is 45.0 Å². The van der Waals surface area contributed by atoms with Crippen molar-refractivity contribution in [3.8, 4) is 6.07 Å². The summed E-state index contributed by atoms with van der Waals surface area (Å²) < 4.78 is 0. The van der Waals surface area contributed by atoms with Gasteiger partial charge >= 0.3 is 0 Å². The van der Waals surface area contributed by atoms with Crippen LogP contribution in [0.15, 0.2) is 18.3 Å². The lowest BCUT2D eigenvalue weighted by Crippen LogP contribution is -2.48. The number of nitrogens with zero attached hydrogens (tertiary/aromatic N) is 5. The van der Waals surface area contributed by atoms with Crippen LogP contribution in [0.1, 0.15) is 5.69 Å². The zero-order valence-corrected chi connectivity index (χ0v) is 11.7. The van der Waals surface area contributed by atoms with Crippen molar-refractivity contribution in [2.75, 3.05) is 58.3 Å². The summed E-state index contributed by atoms with van der Waals surface area (Å²) >= 11 is 0. The van der Waals surface area contributed by atoms with E-state index >= 15 is 0 Å². The molecule has 1 fully saturated rings. The largest absolute Gasteiger partial charge is 0.367 e. The number of nitriles is 1. The lowest BCUT2D eigenvalue weighted by Gasteiger charge is -2.36. The van der Waals surface area contributed by atoms with Crippen LogP contribution in [-0.2, 0) is 0 Å². The average Bonchev–Trinajstić information content (AvgIpc) is 2.45. The maximum Gasteiger partial charge on any atom is 0.163 e. The van der Waals surface area contributed by atoms with E-state index in [9.17, 15) is 0 Å². The average molecular weight is 259 g/mol. The van der Waals surface area contributed by atoms with Gasteiger partial charge in [0, 0.05) is 45.5 Å². The fourth-order valence-electron chi connectivity index (χ4n) is 2.29. The Balaban J connectivity index is 1.91. The monoisotopic (exact) mass is 259 g/mol. The molecular formula is C14H21N5. The number of likely N-dealkylation sites (N-methyl/N-ethyl adjacent to an activating group) is 1. The third-order valence-electron chi connectivity index (χ3n) is 3.47. The summed E-state index contributed by atoms with van der Waals surface area (Å²) in [6.07, 6.45) is 1.68. The number of anilines is 1. The summed E-state index contributed by atoms with van der Waals surface area (Å²) in [6.45, 7) is 6.23. The number of piperazine rings is 1. The molecule has 0 N–H and O–H groups in total. The zero-order chi connectivity index (χ0) is 13.7. The van der Waals surface area contributed by atoms with E-state index in [4.69, 9.17) is 5.26 Å². The highest BCUT2D eigenvalue weighted by atomic mass is 15.3. The molecule has 1 aromatic heterocycles. The fourth-order valence-corrected chi connectivity index (χ4v) is 2.29. The molecule has 1 aliphatic heterocycles. The number of hydrogen-bond donors (Lipinski definition) is 0. The van der Waals surface area contributed by atoms with Crippen LogP contribution in [0.2, 0.25) is 0 Å². The van der Waals surface area contributed by atoms with Crippen molar-refractivity contribution < 1.29 is 0 Å². The summed E-state index contributed by atoms with van der Waals surface area (Å²) in [7, 11) is 4.20. The van der Waals surface area contributed by atoms with Crippen LogP contribution in [0.25, 0.3) is 0 Å². The smallest absolute Gasteiger partial charge is 0.163 e. The van der Waals surface area contributed by atoms with Gasteiger partial charge in [0.25, 0.3) is 0 Å². The van der Waals surface area contributed by atoms with Crippen molar-refractivity contribution in [2.24, 2.45) is 0 Å². The normalized spacial score (nSPS) is 16.6. The maximum atomic E-state index is 9.09. The highest BCUT2D eigenvalue weighted by molar-refractivity contribution is 5.55. The second-order valence-electron chi connectivity index (χ2n) is 5.11. The van der Waals surface area contributed by atoms with Crippen molar-refractivity contribution in [1.82, 2.24) is 14.8 Å². The topological polar surface area (TPSA) is 46.4 Å². The van der Waals surface area contributed by atoms with Gasteiger partial charge in [-0.3, -0.25) is 4.90 Å². The minimum Gasteiger partial charge on any atom is -0.367 e. The Kier molecular flexibility index (Phi) is 4.72. The highest BCUT2D eigenvalue weighted by Gasteiger charge is 2.19. The van der Waals surface area contributed by atoms with Crippen LogP contribution in [0, 0.1) is 11.3 Å². The quantitative estimate of drug-likeness (QED) is 0.794. The van der Waals surface area contributed by atoms with Crippen LogP contribution in [-0.4, -0.2) is 68.1 Å². The lowest BCUT2D eigenvalue weighted by atomic mass is 10.2. The summed E-state index contributed by atoms with van der Waals surface area (Å²) in [5.41, 5.74) is 1.50. The summed E-state index contributed by atoms with van der Waals surface area (Å²) in [6, 6.07) is 6.06. The minimum absolute atomic E-state index is 0.532. The number of pyridine rings is 1. The SMILES string of the molecule is CN(C)CCN1CCN(c2cccnc2C#N)CC1. The number of rotatable bonds is 4. The number of hydrogen-bond acceptors (Lipinski definition) is 5. The first-order valence-corrected chi connectivity index (χ1v) is 6.68. The highest BCUT2D eigenvalue weighted by Crippen LogP contribution is 2.19. The first-order valence-electron chi connectivity index (χ1n) is 6.68. The first-order chi connectivity index (χ1) is 9.20. The predicted octanol–water partition coefficient (Wildman–Crippen LogP) is 0.637. The molecule has 19 heavy (non-hydrogen) atoms.